The van der Waals surface area contributed by atoms with Gasteiger partial charge in [0, 0.05) is 0 Å². The maximum Gasteiger partial charge on any atom is 0.408 e. The standard InChI is InChI=1S/C16H19BrN2O3/c1-15(2,3)22-14(20)19-16(6-7-16)10-21-13-8-11(9-18)4-5-12(13)17/h4-5,8H,6-7,10H2,1-3H3,(H,19,20). The van der Waals surface area contributed by atoms with Gasteiger partial charge in [0.05, 0.1) is 21.6 Å². The lowest BCUT2D eigenvalue weighted by molar-refractivity contribution is 0.0477. The highest BCUT2D eigenvalue weighted by molar-refractivity contribution is 9.10. The number of alkyl carbamates (subject to hydrolysis) is 1. The Labute approximate surface area is 138 Å². The summed E-state index contributed by atoms with van der Waals surface area (Å²) in [6.07, 6.45) is 1.27. The molecule has 0 atom stereocenters. The fourth-order valence-corrected chi connectivity index (χ4v) is 2.24. The van der Waals surface area contributed by atoms with Crippen LogP contribution in [0.3, 0.4) is 0 Å². The van der Waals surface area contributed by atoms with Crippen LogP contribution >= 0.6 is 15.9 Å². The van der Waals surface area contributed by atoms with Crippen molar-refractivity contribution in [1.29, 1.82) is 5.26 Å². The van der Waals surface area contributed by atoms with E-state index in [1.165, 1.54) is 0 Å². The molecular formula is C16H19BrN2O3. The minimum Gasteiger partial charge on any atom is -0.490 e. The van der Waals surface area contributed by atoms with Crippen LogP contribution in [0.5, 0.6) is 5.75 Å². The number of halogens is 1. The van der Waals surface area contributed by atoms with Gasteiger partial charge in [0.15, 0.2) is 0 Å². The highest BCUT2D eigenvalue weighted by Gasteiger charge is 2.46. The maximum absolute atomic E-state index is 11.9. The molecule has 0 bridgehead atoms. The monoisotopic (exact) mass is 366 g/mol. The van der Waals surface area contributed by atoms with Crippen molar-refractivity contribution >= 4 is 22.0 Å². The Morgan fingerprint density at radius 3 is 2.68 bits per heavy atom. The molecule has 1 aromatic rings. The number of nitrogens with one attached hydrogen (secondary N) is 1. The molecule has 0 aromatic heterocycles. The van der Waals surface area contributed by atoms with Crippen LogP contribution in [0.25, 0.3) is 0 Å². The van der Waals surface area contributed by atoms with Gasteiger partial charge in [0.1, 0.15) is 18.0 Å². The van der Waals surface area contributed by atoms with Gasteiger partial charge >= 0.3 is 6.09 Å². The van der Waals surface area contributed by atoms with Crippen LogP contribution in [0.1, 0.15) is 39.2 Å². The fraction of sp³-hybridized carbons (Fsp3) is 0.500. The molecule has 0 heterocycles. The fourth-order valence-electron chi connectivity index (χ4n) is 1.88. The zero-order valence-corrected chi connectivity index (χ0v) is 14.5. The second kappa shape index (κ2) is 6.17. The molecule has 2 rings (SSSR count). The molecule has 0 radical (unpaired) electrons. The topological polar surface area (TPSA) is 71.3 Å². The molecule has 0 unspecified atom stereocenters. The van der Waals surface area contributed by atoms with Crippen molar-refractivity contribution in [2.24, 2.45) is 0 Å². The maximum atomic E-state index is 11.9. The summed E-state index contributed by atoms with van der Waals surface area (Å²) in [5.74, 6) is 0.594. The molecule has 6 heteroatoms. The molecule has 0 saturated heterocycles. The van der Waals surface area contributed by atoms with Crippen LogP contribution in [0.2, 0.25) is 0 Å². The molecular weight excluding hydrogens is 348 g/mol. The number of nitrogens with zero attached hydrogens (tertiary/aromatic N) is 1. The van der Waals surface area contributed by atoms with Gasteiger partial charge in [0.2, 0.25) is 0 Å². The van der Waals surface area contributed by atoms with Gasteiger partial charge in [-0.25, -0.2) is 4.79 Å². The summed E-state index contributed by atoms with van der Waals surface area (Å²) in [7, 11) is 0. The zero-order chi connectivity index (χ0) is 16.4. The Balaban J connectivity index is 1.94. The number of hydrogen-bond acceptors (Lipinski definition) is 4. The molecule has 1 aromatic carbocycles. The number of ether oxygens (including phenoxy) is 2. The Hall–Kier alpha value is -1.74. The van der Waals surface area contributed by atoms with E-state index in [-0.39, 0.29) is 5.54 Å². The lowest BCUT2D eigenvalue weighted by atomic mass is 10.2. The first-order valence-electron chi connectivity index (χ1n) is 7.07. The number of carbonyl (C=O) groups excluding carboxylic acids is 1. The lowest BCUT2D eigenvalue weighted by Crippen LogP contribution is -2.44. The van der Waals surface area contributed by atoms with Crippen LogP contribution in [0.15, 0.2) is 22.7 Å². The predicted octanol–water partition coefficient (Wildman–Crippen LogP) is 3.76. The molecule has 1 fully saturated rings. The Morgan fingerprint density at radius 1 is 1.45 bits per heavy atom. The van der Waals surface area contributed by atoms with Crippen molar-refractivity contribution in [3.63, 3.8) is 0 Å². The number of hydrogen-bond donors (Lipinski definition) is 1. The van der Waals surface area contributed by atoms with Gasteiger partial charge in [0.25, 0.3) is 0 Å². The molecule has 22 heavy (non-hydrogen) atoms. The number of nitriles is 1. The summed E-state index contributed by atoms with van der Waals surface area (Å²) in [6, 6.07) is 7.23. The SMILES string of the molecule is CC(C)(C)OC(=O)NC1(COc2cc(C#N)ccc2Br)CC1. The molecule has 1 aliphatic rings. The molecule has 1 amide bonds. The second-order valence-corrected chi connectivity index (χ2v) is 7.31. The van der Waals surface area contributed by atoms with Crippen LogP contribution in [0, 0.1) is 11.3 Å². The lowest BCUT2D eigenvalue weighted by Gasteiger charge is -2.23. The third-order valence-electron chi connectivity index (χ3n) is 3.18. The molecule has 0 aliphatic heterocycles. The van der Waals surface area contributed by atoms with E-state index in [4.69, 9.17) is 14.7 Å². The normalized spacial score (nSPS) is 15.6. The van der Waals surface area contributed by atoms with Gasteiger partial charge in [-0.1, -0.05) is 0 Å². The Bertz CT molecular complexity index is 613. The first kappa shape index (κ1) is 16.6. The predicted molar refractivity (Wildman–Crippen MR) is 85.7 cm³/mol. The first-order valence-corrected chi connectivity index (χ1v) is 7.86. The highest BCUT2D eigenvalue weighted by atomic mass is 79.9. The molecule has 1 aliphatic carbocycles. The average Bonchev–Trinajstić information content (AvgIpc) is 3.15. The summed E-state index contributed by atoms with van der Waals surface area (Å²) >= 11 is 3.39. The van der Waals surface area contributed by atoms with Crippen LogP contribution in [0.4, 0.5) is 4.79 Å². The van der Waals surface area contributed by atoms with E-state index in [1.54, 1.807) is 18.2 Å². The summed E-state index contributed by atoms with van der Waals surface area (Å²) in [5.41, 5.74) is -0.363. The van der Waals surface area contributed by atoms with Crippen molar-refractivity contribution in [1.82, 2.24) is 5.32 Å². The zero-order valence-electron chi connectivity index (χ0n) is 12.9. The van der Waals surface area contributed by atoms with Crippen LogP contribution in [-0.2, 0) is 4.74 Å². The van der Waals surface area contributed by atoms with Crippen molar-refractivity contribution in [2.45, 2.75) is 44.8 Å². The minimum atomic E-state index is -0.523. The van der Waals surface area contributed by atoms with Crippen molar-refractivity contribution < 1.29 is 14.3 Å². The molecule has 118 valence electrons. The average molecular weight is 367 g/mol. The first-order chi connectivity index (χ1) is 10.2. The van der Waals surface area contributed by atoms with E-state index < -0.39 is 11.7 Å². The van der Waals surface area contributed by atoms with Gasteiger partial charge in [-0.3, -0.25) is 0 Å². The third kappa shape index (κ3) is 4.63. The number of carbonyl (C=O) groups is 1. The molecule has 5 nitrogen and oxygen atoms in total. The molecule has 1 saturated carbocycles. The minimum absolute atomic E-state index is 0.347. The second-order valence-electron chi connectivity index (χ2n) is 6.45. The van der Waals surface area contributed by atoms with Crippen molar-refractivity contribution in [2.75, 3.05) is 6.61 Å². The van der Waals surface area contributed by atoms with E-state index in [0.717, 1.165) is 17.3 Å². The van der Waals surface area contributed by atoms with E-state index in [9.17, 15) is 4.79 Å². The summed E-state index contributed by atoms with van der Waals surface area (Å²) in [4.78, 5) is 11.9. The summed E-state index contributed by atoms with van der Waals surface area (Å²) in [6.45, 7) is 5.83. The van der Waals surface area contributed by atoms with E-state index >= 15 is 0 Å². The van der Waals surface area contributed by atoms with Crippen LogP contribution in [-0.4, -0.2) is 23.8 Å². The summed E-state index contributed by atoms with van der Waals surface area (Å²) in [5, 5.41) is 11.8. The Kier molecular flexibility index (Phi) is 4.66. The third-order valence-corrected chi connectivity index (χ3v) is 3.84. The van der Waals surface area contributed by atoms with Gasteiger partial charge in [-0.2, -0.15) is 5.26 Å². The number of benzene rings is 1. The van der Waals surface area contributed by atoms with Gasteiger partial charge < -0.3 is 14.8 Å². The smallest absolute Gasteiger partial charge is 0.408 e. The summed E-state index contributed by atoms with van der Waals surface area (Å²) < 4.78 is 11.8. The van der Waals surface area contributed by atoms with E-state index in [1.807, 2.05) is 20.8 Å². The van der Waals surface area contributed by atoms with E-state index in [0.29, 0.717) is 17.9 Å². The Morgan fingerprint density at radius 2 is 2.14 bits per heavy atom. The van der Waals surface area contributed by atoms with Gasteiger partial charge in [-0.15, -0.1) is 0 Å². The molecule has 0 spiro atoms. The number of rotatable bonds is 4. The van der Waals surface area contributed by atoms with E-state index in [2.05, 4.69) is 27.3 Å². The highest BCUT2D eigenvalue weighted by Crippen LogP contribution is 2.37. The van der Waals surface area contributed by atoms with Crippen molar-refractivity contribution in [3.8, 4) is 11.8 Å². The van der Waals surface area contributed by atoms with Crippen LogP contribution < -0.4 is 10.1 Å². The largest absolute Gasteiger partial charge is 0.490 e. The quantitative estimate of drug-likeness (QED) is 0.880. The van der Waals surface area contributed by atoms with Crippen molar-refractivity contribution in [3.05, 3.63) is 28.2 Å². The van der Waals surface area contributed by atoms with Gasteiger partial charge in [-0.05, 0) is 67.7 Å². The number of amides is 1. The molecule has 1 N–H and O–H groups in total.